The maximum absolute atomic E-state index is 6.00. The van der Waals surface area contributed by atoms with Crippen LogP contribution in [0.2, 0.25) is 5.02 Å². The fourth-order valence-electron chi connectivity index (χ4n) is 2.81. The van der Waals surface area contributed by atoms with Crippen LogP contribution in [0.15, 0.2) is 66.7 Å². The fraction of sp³-hybridized carbons (Fsp3) is 0.182. The number of nitrogens with one attached hydrogen (secondary N) is 1. The Labute approximate surface area is 154 Å². The molecule has 0 aromatic heterocycles. The van der Waals surface area contributed by atoms with E-state index in [0.29, 0.717) is 5.92 Å². The number of nitrogen functional groups attached to an aromatic ring is 1. The summed E-state index contributed by atoms with van der Waals surface area (Å²) in [5.41, 5.74) is 12.6. The zero-order chi connectivity index (χ0) is 17.8. The molecule has 0 unspecified atom stereocenters. The highest BCUT2D eigenvalue weighted by atomic mass is 35.5. The highest BCUT2D eigenvalue weighted by Crippen LogP contribution is 2.27. The van der Waals surface area contributed by atoms with E-state index in [4.69, 9.17) is 17.3 Å². The number of rotatable bonds is 5. The standard InChI is InChI=1S/C22H23ClN2/c1-15(2)17-5-10-21(11-6-17)25-22-12-9-20(24)14-18(22)13-16-3-7-19(23)8-4-16/h3-12,14-15,25H,13,24H2,1-2H3. The molecule has 0 aliphatic heterocycles. The summed E-state index contributed by atoms with van der Waals surface area (Å²) in [5, 5.41) is 4.27. The lowest BCUT2D eigenvalue weighted by Gasteiger charge is -2.14. The van der Waals surface area contributed by atoms with Crippen molar-refractivity contribution in [2.75, 3.05) is 11.1 Å². The third-order valence-corrected chi connectivity index (χ3v) is 4.55. The Hall–Kier alpha value is -2.45. The Bertz CT molecular complexity index is 837. The molecule has 3 heteroatoms. The van der Waals surface area contributed by atoms with Crippen LogP contribution in [0.5, 0.6) is 0 Å². The van der Waals surface area contributed by atoms with Gasteiger partial charge >= 0.3 is 0 Å². The third-order valence-electron chi connectivity index (χ3n) is 4.29. The summed E-state index contributed by atoms with van der Waals surface area (Å²) in [6, 6.07) is 22.5. The summed E-state index contributed by atoms with van der Waals surface area (Å²) < 4.78 is 0. The largest absolute Gasteiger partial charge is 0.399 e. The van der Waals surface area contributed by atoms with Gasteiger partial charge in [-0.2, -0.15) is 0 Å². The van der Waals surface area contributed by atoms with E-state index in [1.807, 2.05) is 42.5 Å². The molecule has 0 atom stereocenters. The Morgan fingerprint density at radius 1 is 0.920 bits per heavy atom. The molecule has 0 aliphatic rings. The van der Waals surface area contributed by atoms with Crippen molar-refractivity contribution in [3.63, 3.8) is 0 Å². The third kappa shape index (κ3) is 4.55. The summed E-state index contributed by atoms with van der Waals surface area (Å²) in [7, 11) is 0. The molecule has 0 radical (unpaired) electrons. The molecule has 3 aromatic carbocycles. The minimum atomic E-state index is 0.533. The van der Waals surface area contributed by atoms with E-state index in [1.165, 1.54) is 11.1 Å². The zero-order valence-electron chi connectivity index (χ0n) is 14.6. The van der Waals surface area contributed by atoms with Crippen molar-refractivity contribution in [2.45, 2.75) is 26.2 Å². The van der Waals surface area contributed by atoms with Gasteiger partial charge in [0.1, 0.15) is 0 Å². The van der Waals surface area contributed by atoms with Crippen LogP contribution in [0.4, 0.5) is 17.1 Å². The van der Waals surface area contributed by atoms with Crippen molar-refractivity contribution in [1.82, 2.24) is 0 Å². The van der Waals surface area contributed by atoms with Crippen LogP contribution in [0.1, 0.15) is 36.5 Å². The Morgan fingerprint density at radius 2 is 1.60 bits per heavy atom. The number of nitrogens with two attached hydrogens (primary N) is 1. The van der Waals surface area contributed by atoms with Gasteiger partial charge in [-0.05, 0) is 71.5 Å². The number of halogens is 1. The Balaban J connectivity index is 1.84. The van der Waals surface area contributed by atoms with Gasteiger partial charge in [0.15, 0.2) is 0 Å². The SMILES string of the molecule is CC(C)c1ccc(Nc2ccc(N)cc2Cc2ccc(Cl)cc2)cc1. The van der Waals surface area contributed by atoms with Crippen LogP contribution in [-0.4, -0.2) is 0 Å². The second kappa shape index (κ2) is 7.62. The molecule has 0 amide bonds. The Morgan fingerprint density at radius 3 is 2.24 bits per heavy atom. The van der Waals surface area contributed by atoms with Crippen LogP contribution in [0.3, 0.4) is 0 Å². The molecule has 0 spiro atoms. The summed E-state index contributed by atoms with van der Waals surface area (Å²) in [6.45, 7) is 4.40. The van der Waals surface area contributed by atoms with Gasteiger partial charge in [0.2, 0.25) is 0 Å². The van der Waals surface area contributed by atoms with Crippen LogP contribution in [-0.2, 0) is 6.42 Å². The summed E-state index contributed by atoms with van der Waals surface area (Å²) in [6.07, 6.45) is 0.800. The number of anilines is 3. The molecule has 3 rings (SSSR count). The van der Waals surface area contributed by atoms with E-state index < -0.39 is 0 Å². The maximum atomic E-state index is 6.00. The summed E-state index contributed by atoms with van der Waals surface area (Å²) >= 11 is 5.98. The molecule has 128 valence electrons. The smallest absolute Gasteiger partial charge is 0.0421 e. The molecule has 0 heterocycles. The van der Waals surface area contributed by atoms with Crippen molar-refractivity contribution in [3.8, 4) is 0 Å². The van der Waals surface area contributed by atoms with Crippen molar-refractivity contribution in [3.05, 3.63) is 88.4 Å². The van der Waals surface area contributed by atoms with Gasteiger partial charge in [0.25, 0.3) is 0 Å². The Kier molecular flexibility index (Phi) is 5.30. The lowest BCUT2D eigenvalue weighted by atomic mass is 10.0. The topological polar surface area (TPSA) is 38.0 Å². The summed E-state index contributed by atoms with van der Waals surface area (Å²) in [5.74, 6) is 0.533. The zero-order valence-corrected chi connectivity index (χ0v) is 15.3. The normalized spacial score (nSPS) is 10.9. The number of hydrogen-bond donors (Lipinski definition) is 2. The molecule has 25 heavy (non-hydrogen) atoms. The molecular weight excluding hydrogens is 328 g/mol. The predicted molar refractivity (Wildman–Crippen MR) is 109 cm³/mol. The van der Waals surface area contributed by atoms with E-state index in [0.717, 1.165) is 34.1 Å². The molecule has 0 fully saturated rings. The maximum Gasteiger partial charge on any atom is 0.0421 e. The molecule has 3 aromatic rings. The van der Waals surface area contributed by atoms with E-state index >= 15 is 0 Å². The first-order valence-electron chi connectivity index (χ1n) is 8.51. The molecule has 0 saturated carbocycles. The highest BCUT2D eigenvalue weighted by Gasteiger charge is 2.06. The first-order chi connectivity index (χ1) is 12.0. The van der Waals surface area contributed by atoms with Crippen LogP contribution in [0.25, 0.3) is 0 Å². The lowest BCUT2D eigenvalue weighted by Crippen LogP contribution is -1.99. The van der Waals surface area contributed by atoms with E-state index in [9.17, 15) is 0 Å². The van der Waals surface area contributed by atoms with Crippen LogP contribution >= 0.6 is 11.6 Å². The highest BCUT2D eigenvalue weighted by molar-refractivity contribution is 6.30. The quantitative estimate of drug-likeness (QED) is 0.524. The molecule has 0 saturated heterocycles. The van der Waals surface area contributed by atoms with Crippen LogP contribution in [0, 0.1) is 0 Å². The average molecular weight is 351 g/mol. The van der Waals surface area contributed by atoms with Gasteiger partial charge in [-0.15, -0.1) is 0 Å². The fourth-order valence-corrected chi connectivity index (χ4v) is 2.94. The van der Waals surface area contributed by atoms with Gasteiger partial charge in [0.05, 0.1) is 0 Å². The van der Waals surface area contributed by atoms with Gasteiger partial charge in [-0.1, -0.05) is 49.7 Å². The lowest BCUT2D eigenvalue weighted by molar-refractivity contribution is 0.867. The van der Waals surface area contributed by atoms with Crippen molar-refractivity contribution < 1.29 is 0 Å². The monoisotopic (exact) mass is 350 g/mol. The van der Waals surface area contributed by atoms with Crippen LogP contribution < -0.4 is 11.1 Å². The first-order valence-corrected chi connectivity index (χ1v) is 8.89. The van der Waals surface area contributed by atoms with Crippen molar-refractivity contribution in [2.24, 2.45) is 0 Å². The second-order valence-electron chi connectivity index (χ2n) is 6.62. The van der Waals surface area contributed by atoms with Gasteiger partial charge in [-0.3, -0.25) is 0 Å². The van der Waals surface area contributed by atoms with E-state index in [1.54, 1.807) is 0 Å². The number of hydrogen-bond acceptors (Lipinski definition) is 2. The minimum Gasteiger partial charge on any atom is -0.399 e. The second-order valence-corrected chi connectivity index (χ2v) is 7.06. The molecule has 0 bridgehead atoms. The summed E-state index contributed by atoms with van der Waals surface area (Å²) in [4.78, 5) is 0. The van der Waals surface area contributed by atoms with Crippen molar-refractivity contribution in [1.29, 1.82) is 0 Å². The van der Waals surface area contributed by atoms with Gasteiger partial charge < -0.3 is 11.1 Å². The van der Waals surface area contributed by atoms with Crippen molar-refractivity contribution >= 4 is 28.7 Å². The molecular formula is C22H23ClN2. The van der Waals surface area contributed by atoms with E-state index in [2.05, 4.69) is 43.4 Å². The average Bonchev–Trinajstić information content (AvgIpc) is 2.60. The predicted octanol–water partition coefficient (Wildman–Crippen LogP) is 6.38. The molecule has 3 N–H and O–H groups in total. The van der Waals surface area contributed by atoms with Gasteiger partial charge in [-0.25, -0.2) is 0 Å². The van der Waals surface area contributed by atoms with E-state index in [-0.39, 0.29) is 0 Å². The molecule has 2 nitrogen and oxygen atoms in total. The minimum absolute atomic E-state index is 0.533. The van der Waals surface area contributed by atoms with Gasteiger partial charge in [0, 0.05) is 22.1 Å². The number of benzene rings is 3. The first kappa shape index (κ1) is 17.4. The molecule has 0 aliphatic carbocycles.